The minimum Gasteiger partial charge on any atom is -0.493 e. The van der Waals surface area contributed by atoms with Gasteiger partial charge in [-0.2, -0.15) is 5.26 Å². The highest BCUT2D eigenvalue weighted by atomic mass is 28.4. The van der Waals surface area contributed by atoms with E-state index < -0.39 is 51.2 Å². The fourth-order valence-corrected chi connectivity index (χ4v) is 8.57. The number of ether oxygens (including phenoxy) is 7. The number of benzene rings is 2. The van der Waals surface area contributed by atoms with Crippen LogP contribution in [0.3, 0.4) is 0 Å². The summed E-state index contributed by atoms with van der Waals surface area (Å²) in [4.78, 5) is 18.0. The van der Waals surface area contributed by atoms with Crippen molar-refractivity contribution in [1.82, 2.24) is 9.80 Å². The van der Waals surface area contributed by atoms with Crippen LogP contribution in [0.1, 0.15) is 60.7 Å². The molecule has 0 aliphatic carbocycles. The highest BCUT2D eigenvalue weighted by Gasteiger charge is 2.58. The lowest BCUT2D eigenvalue weighted by atomic mass is 9.76. The molecule has 5 rings (SSSR count). The second-order valence-corrected chi connectivity index (χ2v) is 20.1. The molecule has 0 saturated carbocycles. The van der Waals surface area contributed by atoms with Gasteiger partial charge in [-0.3, -0.25) is 9.80 Å². The van der Waals surface area contributed by atoms with Gasteiger partial charge >= 0.3 is 6.09 Å². The molecule has 54 heavy (non-hydrogen) atoms. The van der Waals surface area contributed by atoms with Crippen molar-refractivity contribution >= 4 is 14.4 Å². The number of carbonyl (C=O) groups is 1. The first-order valence-corrected chi connectivity index (χ1v) is 21.1. The zero-order chi connectivity index (χ0) is 39.5. The quantitative estimate of drug-likeness (QED) is 0.120. The lowest BCUT2D eigenvalue weighted by molar-refractivity contribution is -0.0904. The van der Waals surface area contributed by atoms with Crippen molar-refractivity contribution in [3.05, 3.63) is 65.3 Å². The van der Waals surface area contributed by atoms with Crippen molar-refractivity contribution in [3.8, 4) is 34.8 Å². The maximum Gasteiger partial charge on any atom is 0.411 e. The van der Waals surface area contributed by atoms with Gasteiger partial charge in [0.15, 0.2) is 38.1 Å². The van der Waals surface area contributed by atoms with Crippen LogP contribution in [-0.2, 0) is 20.3 Å². The summed E-state index contributed by atoms with van der Waals surface area (Å²) in [6, 6.07) is 2.39. The molecule has 5 atom stereocenters. The Morgan fingerprint density at radius 1 is 1.11 bits per heavy atom. The third-order valence-electron chi connectivity index (χ3n) is 11.1. The molecule has 294 valence electrons. The van der Waals surface area contributed by atoms with E-state index in [-0.39, 0.29) is 38.4 Å². The third-order valence-corrected chi connectivity index (χ3v) is 15.6. The highest BCUT2D eigenvalue weighted by molar-refractivity contribution is 6.74. The standard InChI is InChI=1S/C40H55N3O10Si/c1-12-14-48-38-33-26(16-24(3)35(38)47-9)17-28-29(19-41)42(30(20-44)27-18-32(50-22-46-8)25(4)36-37(27)52-23-51-36)31(21-53-54(10,11)40(5,6)7)34(33)43(28)39(45)49-15-13-2/h12-13,16,18,28-31,34,44H,1-2,14-15,17,20-23H2,3-11H3/t28-,29-,30-,31-,34-/m0/s1. The Balaban J connectivity index is 1.83. The Labute approximate surface area is 320 Å². The Bertz CT molecular complexity index is 1770. The third kappa shape index (κ3) is 7.40. The lowest BCUT2D eigenvalue weighted by Crippen LogP contribution is -2.70. The number of rotatable bonds is 15. The molecule has 14 heteroatoms. The molecule has 0 spiro atoms. The molecule has 3 aliphatic heterocycles. The largest absolute Gasteiger partial charge is 0.493 e. The van der Waals surface area contributed by atoms with Gasteiger partial charge in [-0.15, -0.1) is 0 Å². The van der Waals surface area contributed by atoms with Crippen LogP contribution in [0.15, 0.2) is 37.4 Å². The summed E-state index contributed by atoms with van der Waals surface area (Å²) in [7, 11) is 0.659. The SMILES string of the molecule is C=CCOC(=O)N1[C@@H]2c3c(cc(C)c(OC)c3OCC=C)C[C@H]1[C@H](C#N)N([C@@H](CO)c1cc(OCOC)c(C)c3c1OCO3)[C@H]2CO[Si](C)(C)C(C)(C)C. The molecule has 1 N–H and O–H groups in total. The summed E-state index contributed by atoms with van der Waals surface area (Å²) in [5.74, 6) is 2.40. The average Bonchev–Trinajstić information content (AvgIpc) is 3.63. The molecule has 1 saturated heterocycles. The average molecular weight is 766 g/mol. The molecule has 3 aliphatic rings. The molecular weight excluding hydrogens is 711 g/mol. The van der Waals surface area contributed by atoms with Crippen LogP contribution in [-0.4, -0.2) is 102 Å². The number of hydrogen-bond donors (Lipinski definition) is 1. The first kappa shape index (κ1) is 40.9. The zero-order valence-corrected chi connectivity index (χ0v) is 34.0. The van der Waals surface area contributed by atoms with Crippen LogP contribution in [0.4, 0.5) is 4.79 Å². The number of carbonyl (C=O) groups excluding carboxylic acids is 1. The molecule has 1 fully saturated rings. The molecule has 2 aromatic carbocycles. The maximum absolute atomic E-state index is 14.3. The fraction of sp³-hybridized carbons (Fsp3) is 0.550. The van der Waals surface area contributed by atoms with Crippen LogP contribution < -0.4 is 23.7 Å². The normalized spacial score (nSPS) is 21.1. The number of aliphatic hydroxyl groups is 1. The van der Waals surface area contributed by atoms with E-state index in [2.05, 4.69) is 53.1 Å². The van der Waals surface area contributed by atoms with Gasteiger partial charge in [-0.1, -0.05) is 52.1 Å². The van der Waals surface area contributed by atoms with Crippen molar-refractivity contribution in [2.24, 2.45) is 0 Å². The van der Waals surface area contributed by atoms with Crippen molar-refractivity contribution in [3.63, 3.8) is 0 Å². The Hall–Kier alpha value is -4.26. The smallest absolute Gasteiger partial charge is 0.411 e. The summed E-state index contributed by atoms with van der Waals surface area (Å²) in [5.41, 5.74) is 3.74. The second kappa shape index (κ2) is 16.6. The predicted molar refractivity (Wildman–Crippen MR) is 205 cm³/mol. The Kier molecular flexibility index (Phi) is 12.6. The molecule has 0 radical (unpaired) electrons. The van der Waals surface area contributed by atoms with Crippen molar-refractivity contribution < 1.29 is 47.5 Å². The molecule has 3 heterocycles. The van der Waals surface area contributed by atoms with Gasteiger partial charge in [-0.25, -0.2) is 4.79 Å². The second-order valence-electron chi connectivity index (χ2n) is 15.3. The minimum absolute atomic E-state index is 0.0192. The number of hydrogen-bond acceptors (Lipinski definition) is 12. The van der Waals surface area contributed by atoms with Crippen molar-refractivity contribution in [2.45, 2.75) is 89.4 Å². The number of nitriles is 1. The number of methoxy groups -OCH3 is 2. The van der Waals surface area contributed by atoms with E-state index in [1.807, 2.05) is 30.9 Å². The van der Waals surface area contributed by atoms with Crippen LogP contribution in [0.2, 0.25) is 18.1 Å². The molecule has 13 nitrogen and oxygen atoms in total. The monoisotopic (exact) mass is 765 g/mol. The van der Waals surface area contributed by atoms with Crippen LogP contribution >= 0.6 is 0 Å². The molecular formula is C40H55N3O10Si. The number of piperazine rings is 1. The first-order valence-electron chi connectivity index (χ1n) is 18.2. The Morgan fingerprint density at radius 2 is 1.81 bits per heavy atom. The lowest BCUT2D eigenvalue weighted by Gasteiger charge is -2.58. The number of nitrogens with zero attached hydrogens (tertiary/aromatic N) is 3. The van der Waals surface area contributed by atoms with Gasteiger partial charge in [0.05, 0.1) is 50.6 Å². The van der Waals surface area contributed by atoms with Gasteiger partial charge in [-0.05, 0) is 55.6 Å². The fourth-order valence-electron chi connectivity index (χ4n) is 7.55. The highest BCUT2D eigenvalue weighted by Crippen LogP contribution is 2.55. The maximum atomic E-state index is 14.3. The molecule has 1 amide bonds. The van der Waals surface area contributed by atoms with Gasteiger partial charge in [0, 0.05) is 23.8 Å². The van der Waals surface area contributed by atoms with E-state index in [0.29, 0.717) is 51.9 Å². The predicted octanol–water partition coefficient (Wildman–Crippen LogP) is 6.51. The van der Waals surface area contributed by atoms with E-state index >= 15 is 0 Å². The zero-order valence-electron chi connectivity index (χ0n) is 33.0. The number of amides is 1. The summed E-state index contributed by atoms with van der Waals surface area (Å²) in [6.45, 7) is 22.0. The molecule has 0 aromatic heterocycles. The van der Waals surface area contributed by atoms with Crippen LogP contribution in [0.5, 0.6) is 28.7 Å². The summed E-state index contributed by atoms with van der Waals surface area (Å²) >= 11 is 0. The van der Waals surface area contributed by atoms with E-state index in [4.69, 9.17) is 37.6 Å². The van der Waals surface area contributed by atoms with Crippen LogP contribution in [0.25, 0.3) is 0 Å². The van der Waals surface area contributed by atoms with Gasteiger partial charge in [0.2, 0.25) is 6.79 Å². The van der Waals surface area contributed by atoms with Crippen molar-refractivity contribution in [2.75, 3.05) is 54.2 Å². The summed E-state index contributed by atoms with van der Waals surface area (Å²) in [6.07, 6.45) is 2.85. The van der Waals surface area contributed by atoms with E-state index in [1.54, 1.807) is 18.1 Å². The molecule has 2 bridgehead atoms. The summed E-state index contributed by atoms with van der Waals surface area (Å²) < 4.78 is 48.4. The van der Waals surface area contributed by atoms with E-state index in [0.717, 1.165) is 11.1 Å². The van der Waals surface area contributed by atoms with Gasteiger partial charge in [0.25, 0.3) is 0 Å². The van der Waals surface area contributed by atoms with Gasteiger partial charge < -0.3 is 42.7 Å². The molecule has 2 aromatic rings. The van der Waals surface area contributed by atoms with E-state index in [1.165, 1.54) is 13.2 Å². The molecule has 0 unspecified atom stereocenters. The number of fused-ring (bicyclic) bond motifs is 5. The van der Waals surface area contributed by atoms with E-state index in [9.17, 15) is 15.2 Å². The Morgan fingerprint density at radius 3 is 2.43 bits per heavy atom. The van der Waals surface area contributed by atoms with Gasteiger partial charge in [0.1, 0.15) is 25.0 Å². The minimum atomic E-state index is -2.46. The van der Waals surface area contributed by atoms with Crippen LogP contribution in [0, 0.1) is 25.2 Å². The summed E-state index contributed by atoms with van der Waals surface area (Å²) in [5, 5.41) is 22.6. The first-order chi connectivity index (χ1) is 25.7. The van der Waals surface area contributed by atoms with Crippen molar-refractivity contribution in [1.29, 1.82) is 5.26 Å². The topological polar surface area (TPSA) is 141 Å². The number of aryl methyl sites for hydroxylation is 1. The number of aliphatic hydroxyl groups excluding tert-OH is 1.